The van der Waals surface area contributed by atoms with Gasteiger partial charge in [0, 0.05) is 0 Å². The highest BCUT2D eigenvalue weighted by molar-refractivity contribution is 5.82. The van der Waals surface area contributed by atoms with Crippen LogP contribution in [0.5, 0.6) is 0 Å². The summed E-state index contributed by atoms with van der Waals surface area (Å²) < 4.78 is 12.7. The van der Waals surface area contributed by atoms with Crippen LogP contribution in [0.15, 0.2) is 71.4 Å². The van der Waals surface area contributed by atoms with Gasteiger partial charge in [0.15, 0.2) is 0 Å². The molecule has 0 radical (unpaired) electrons. The van der Waals surface area contributed by atoms with Crippen LogP contribution in [0.4, 0.5) is 4.39 Å². The van der Waals surface area contributed by atoms with Crippen LogP contribution in [0.3, 0.4) is 0 Å². The molecular weight excluding hydrogens is 263 g/mol. The molecule has 0 aliphatic rings. The van der Waals surface area contributed by atoms with Gasteiger partial charge in [-0.3, -0.25) is 0 Å². The first kappa shape index (κ1) is 14.9. The Bertz CT molecular complexity index is 625. The number of rotatable bonds is 6. The van der Waals surface area contributed by atoms with Gasteiger partial charge < -0.3 is 0 Å². The monoisotopic (exact) mass is 280 g/mol. The van der Waals surface area contributed by atoms with E-state index in [2.05, 4.69) is 28.9 Å². The van der Waals surface area contributed by atoms with Gasteiger partial charge in [-0.2, -0.15) is 10.2 Å². The fraction of sp³-hybridized carbons (Fsp3) is 0.111. The predicted octanol–water partition coefficient (Wildman–Crippen LogP) is 4.40. The third-order valence-electron chi connectivity index (χ3n) is 2.97. The maximum atomic E-state index is 12.7. The van der Waals surface area contributed by atoms with Crippen molar-refractivity contribution in [1.29, 1.82) is 0 Å². The number of halogens is 1. The molecule has 0 amide bonds. The Morgan fingerprint density at radius 1 is 0.857 bits per heavy atom. The number of allylic oxidation sites excluding steroid dienone is 1. The molecule has 2 nitrogen and oxygen atoms in total. The van der Waals surface area contributed by atoms with Crippen molar-refractivity contribution in [1.82, 2.24) is 0 Å². The lowest BCUT2D eigenvalue weighted by molar-refractivity contribution is 0.628. The van der Waals surface area contributed by atoms with Crippen LogP contribution in [0, 0.1) is 5.82 Å². The van der Waals surface area contributed by atoms with Crippen LogP contribution in [-0.2, 0) is 6.42 Å². The van der Waals surface area contributed by atoms with Crippen molar-refractivity contribution in [2.24, 2.45) is 10.2 Å². The molecule has 2 aromatic rings. The van der Waals surface area contributed by atoms with E-state index in [1.807, 2.05) is 18.2 Å². The summed E-state index contributed by atoms with van der Waals surface area (Å²) in [5.74, 6) is -0.257. The summed E-state index contributed by atoms with van der Waals surface area (Å²) in [5.41, 5.74) is 3.09. The molecule has 0 unspecified atom stereocenters. The van der Waals surface area contributed by atoms with E-state index in [0.29, 0.717) is 0 Å². The van der Waals surface area contributed by atoms with Crippen molar-refractivity contribution in [2.75, 3.05) is 0 Å². The van der Waals surface area contributed by atoms with E-state index >= 15 is 0 Å². The molecule has 3 heteroatoms. The Morgan fingerprint density at radius 2 is 1.38 bits per heavy atom. The maximum Gasteiger partial charge on any atom is 0.123 e. The molecule has 0 bridgehead atoms. The van der Waals surface area contributed by atoms with Crippen molar-refractivity contribution in [2.45, 2.75) is 12.8 Å². The summed E-state index contributed by atoms with van der Waals surface area (Å²) in [4.78, 5) is 0. The van der Waals surface area contributed by atoms with Crippen LogP contribution in [0.1, 0.15) is 23.1 Å². The average molecular weight is 280 g/mol. The van der Waals surface area contributed by atoms with Gasteiger partial charge in [-0.1, -0.05) is 42.5 Å². The molecule has 0 N–H and O–H groups in total. The standard InChI is InChI=1S/C18H17FN2/c1-2-3-4-15-5-7-16(8-6-15)13-20-21-14-17-9-11-18(19)12-10-17/h2,5-14H,1,3-4H2/b20-13+,21-14+. The average Bonchev–Trinajstić information content (AvgIpc) is 2.52. The van der Waals surface area contributed by atoms with Crippen molar-refractivity contribution < 1.29 is 4.39 Å². The van der Waals surface area contributed by atoms with Gasteiger partial charge >= 0.3 is 0 Å². The first-order valence-corrected chi connectivity index (χ1v) is 6.80. The van der Waals surface area contributed by atoms with E-state index in [1.54, 1.807) is 24.6 Å². The summed E-state index contributed by atoms with van der Waals surface area (Å²) >= 11 is 0. The molecule has 0 aliphatic carbocycles. The molecule has 0 aromatic heterocycles. The van der Waals surface area contributed by atoms with Gasteiger partial charge in [-0.25, -0.2) is 4.39 Å². The van der Waals surface area contributed by atoms with Crippen molar-refractivity contribution >= 4 is 12.4 Å². The van der Waals surface area contributed by atoms with Gasteiger partial charge in [0.05, 0.1) is 12.4 Å². The Balaban J connectivity index is 1.91. The molecule has 0 heterocycles. The smallest absolute Gasteiger partial charge is 0.123 e. The van der Waals surface area contributed by atoms with Crippen LogP contribution >= 0.6 is 0 Å². The second-order valence-corrected chi connectivity index (χ2v) is 4.61. The topological polar surface area (TPSA) is 24.7 Å². The van der Waals surface area contributed by atoms with E-state index < -0.39 is 0 Å². The van der Waals surface area contributed by atoms with E-state index in [9.17, 15) is 4.39 Å². The van der Waals surface area contributed by atoms with Crippen LogP contribution in [0.25, 0.3) is 0 Å². The Hall–Kier alpha value is -2.55. The normalized spacial score (nSPS) is 11.3. The predicted molar refractivity (Wildman–Crippen MR) is 86.5 cm³/mol. The summed E-state index contributed by atoms with van der Waals surface area (Å²) in [6.45, 7) is 3.72. The number of nitrogens with zero attached hydrogens (tertiary/aromatic N) is 2. The minimum Gasteiger partial charge on any atom is -0.207 e. The molecule has 21 heavy (non-hydrogen) atoms. The van der Waals surface area contributed by atoms with Crippen molar-refractivity contribution in [3.8, 4) is 0 Å². The van der Waals surface area contributed by atoms with Crippen molar-refractivity contribution in [3.63, 3.8) is 0 Å². The zero-order chi connectivity index (χ0) is 14.9. The zero-order valence-electron chi connectivity index (χ0n) is 11.7. The number of hydrogen-bond donors (Lipinski definition) is 0. The molecule has 0 fully saturated rings. The molecular formula is C18H17FN2. The van der Waals surface area contributed by atoms with Crippen LogP contribution < -0.4 is 0 Å². The molecule has 106 valence electrons. The highest BCUT2D eigenvalue weighted by Crippen LogP contribution is 2.06. The highest BCUT2D eigenvalue weighted by atomic mass is 19.1. The summed E-state index contributed by atoms with van der Waals surface area (Å²) in [6.07, 6.45) is 7.18. The summed E-state index contributed by atoms with van der Waals surface area (Å²) in [6, 6.07) is 14.3. The number of hydrogen-bond acceptors (Lipinski definition) is 2. The minimum absolute atomic E-state index is 0.257. The first-order chi connectivity index (χ1) is 10.3. The minimum atomic E-state index is -0.257. The SMILES string of the molecule is C=CCCc1ccc(/C=N/N=C/c2ccc(F)cc2)cc1. The molecule has 2 rings (SSSR count). The zero-order valence-corrected chi connectivity index (χ0v) is 11.7. The Labute approximate surface area is 124 Å². The number of benzene rings is 2. The lowest BCUT2D eigenvalue weighted by atomic mass is 10.1. The molecule has 2 aromatic carbocycles. The second-order valence-electron chi connectivity index (χ2n) is 4.61. The van der Waals surface area contributed by atoms with Gasteiger partial charge in [-0.05, 0) is 41.7 Å². The third kappa shape index (κ3) is 5.15. The van der Waals surface area contributed by atoms with Crippen LogP contribution in [-0.4, -0.2) is 12.4 Å². The van der Waals surface area contributed by atoms with Gasteiger partial charge in [0.25, 0.3) is 0 Å². The van der Waals surface area contributed by atoms with Crippen LogP contribution in [0.2, 0.25) is 0 Å². The highest BCUT2D eigenvalue weighted by Gasteiger charge is 1.92. The Morgan fingerprint density at radius 3 is 1.90 bits per heavy atom. The largest absolute Gasteiger partial charge is 0.207 e. The molecule has 0 saturated carbocycles. The fourth-order valence-corrected chi connectivity index (χ4v) is 1.79. The van der Waals surface area contributed by atoms with Gasteiger partial charge in [0.2, 0.25) is 0 Å². The Kier molecular flexibility index (Phi) is 5.59. The van der Waals surface area contributed by atoms with E-state index in [-0.39, 0.29) is 5.82 Å². The van der Waals surface area contributed by atoms with E-state index in [1.165, 1.54) is 17.7 Å². The first-order valence-electron chi connectivity index (χ1n) is 6.80. The van der Waals surface area contributed by atoms with E-state index in [4.69, 9.17) is 0 Å². The maximum absolute atomic E-state index is 12.7. The fourth-order valence-electron chi connectivity index (χ4n) is 1.79. The molecule has 0 spiro atoms. The van der Waals surface area contributed by atoms with Gasteiger partial charge in [0.1, 0.15) is 5.82 Å². The lowest BCUT2D eigenvalue weighted by Gasteiger charge is -1.98. The molecule has 0 aliphatic heterocycles. The van der Waals surface area contributed by atoms with Gasteiger partial charge in [-0.15, -0.1) is 6.58 Å². The summed E-state index contributed by atoms with van der Waals surface area (Å²) in [5, 5.41) is 7.93. The quantitative estimate of drug-likeness (QED) is 0.426. The van der Waals surface area contributed by atoms with E-state index in [0.717, 1.165) is 24.0 Å². The van der Waals surface area contributed by atoms with Crippen molar-refractivity contribution in [3.05, 3.63) is 83.7 Å². The third-order valence-corrected chi connectivity index (χ3v) is 2.97. The molecule has 0 atom stereocenters. The summed E-state index contributed by atoms with van der Waals surface area (Å²) in [7, 11) is 0. The number of aryl methyl sites for hydroxylation is 1. The lowest BCUT2D eigenvalue weighted by Crippen LogP contribution is -1.86. The second kappa shape index (κ2) is 7.90. The molecule has 0 saturated heterocycles.